The minimum Gasteiger partial charge on any atom is -0.478 e. The number of nitrogens with zero attached hydrogens (tertiary/aromatic N) is 1. The summed E-state index contributed by atoms with van der Waals surface area (Å²) in [7, 11) is 0. The van der Waals surface area contributed by atoms with E-state index in [-0.39, 0.29) is 23.9 Å². The van der Waals surface area contributed by atoms with Crippen molar-refractivity contribution in [2.24, 2.45) is 5.92 Å². The Morgan fingerprint density at radius 2 is 2.04 bits per heavy atom. The van der Waals surface area contributed by atoms with E-state index in [1.54, 1.807) is 23.5 Å². The Morgan fingerprint density at radius 3 is 2.57 bits per heavy atom. The number of benzene rings is 1. The highest BCUT2D eigenvalue weighted by atomic mass is 32.1. The predicted octanol–water partition coefficient (Wildman–Crippen LogP) is 2.96. The lowest BCUT2D eigenvalue weighted by molar-refractivity contribution is -0.121. The summed E-state index contributed by atoms with van der Waals surface area (Å²) < 4.78 is 0. The monoisotopic (exact) mass is 330 g/mol. The summed E-state index contributed by atoms with van der Waals surface area (Å²) in [6.45, 7) is 1.95. The molecule has 1 aliphatic carbocycles. The first-order valence-corrected chi connectivity index (χ1v) is 8.44. The van der Waals surface area contributed by atoms with Crippen molar-refractivity contribution in [3.8, 4) is 0 Å². The van der Waals surface area contributed by atoms with Crippen LogP contribution in [0.3, 0.4) is 0 Å². The molecule has 0 saturated heterocycles. The molecule has 1 unspecified atom stereocenters. The second kappa shape index (κ2) is 6.50. The zero-order chi connectivity index (χ0) is 16.4. The van der Waals surface area contributed by atoms with Gasteiger partial charge < -0.3 is 10.4 Å². The maximum absolute atomic E-state index is 12.3. The largest absolute Gasteiger partial charge is 0.478 e. The molecule has 1 heterocycles. The Balaban J connectivity index is 1.64. The Bertz CT molecular complexity index is 720. The third kappa shape index (κ3) is 3.96. The van der Waals surface area contributed by atoms with Crippen molar-refractivity contribution in [3.05, 3.63) is 51.5 Å². The van der Waals surface area contributed by atoms with Crippen LogP contribution in [-0.4, -0.2) is 22.0 Å². The summed E-state index contributed by atoms with van der Waals surface area (Å²) in [5, 5.41) is 14.9. The number of hydrogen-bond donors (Lipinski definition) is 2. The normalized spacial score (nSPS) is 15.2. The first-order chi connectivity index (χ1) is 11.0. The second-order valence-electron chi connectivity index (χ2n) is 5.89. The van der Waals surface area contributed by atoms with Crippen molar-refractivity contribution < 1.29 is 14.7 Å². The van der Waals surface area contributed by atoms with Crippen molar-refractivity contribution in [2.75, 3.05) is 0 Å². The fourth-order valence-corrected chi connectivity index (χ4v) is 3.44. The average molecular weight is 330 g/mol. The van der Waals surface area contributed by atoms with E-state index in [4.69, 9.17) is 5.11 Å². The molecule has 0 radical (unpaired) electrons. The smallest absolute Gasteiger partial charge is 0.335 e. The zero-order valence-corrected chi connectivity index (χ0v) is 13.6. The molecular formula is C17H18N2O3S. The first kappa shape index (κ1) is 15.7. The number of carbonyl (C=O) groups is 2. The van der Waals surface area contributed by atoms with Crippen LogP contribution in [0.4, 0.5) is 0 Å². The molecule has 1 aromatic heterocycles. The van der Waals surface area contributed by atoms with Gasteiger partial charge in [-0.1, -0.05) is 12.1 Å². The predicted molar refractivity (Wildman–Crippen MR) is 87.6 cm³/mol. The van der Waals surface area contributed by atoms with Gasteiger partial charge in [-0.25, -0.2) is 9.78 Å². The summed E-state index contributed by atoms with van der Waals surface area (Å²) in [6.07, 6.45) is 2.49. The van der Waals surface area contributed by atoms with Crippen LogP contribution in [0, 0.1) is 12.8 Å². The lowest BCUT2D eigenvalue weighted by Crippen LogP contribution is -2.31. The van der Waals surface area contributed by atoms with Gasteiger partial charge in [0.2, 0.25) is 5.91 Å². The minimum absolute atomic E-state index is 0.000470. The standard InChI is InChI=1S/C17H18N2O3S/c1-10-9-23-16(18-10)15(12-6-7-12)19-14(20)8-11-2-4-13(5-3-11)17(21)22/h2-5,9,12,15H,6-8H2,1H3,(H,19,20)(H,21,22). The molecule has 3 rings (SSSR count). The van der Waals surface area contributed by atoms with Crippen LogP contribution in [0.2, 0.25) is 0 Å². The molecule has 0 aliphatic heterocycles. The summed E-state index contributed by atoms with van der Waals surface area (Å²) >= 11 is 1.59. The Morgan fingerprint density at radius 1 is 1.35 bits per heavy atom. The third-order valence-corrected chi connectivity index (χ3v) is 4.92. The van der Waals surface area contributed by atoms with Gasteiger partial charge in [0, 0.05) is 11.1 Å². The van der Waals surface area contributed by atoms with Gasteiger partial charge in [-0.15, -0.1) is 11.3 Å². The van der Waals surface area contributed by atoms with Crippen molar-refractivity contribution >= 4 is 23.2 Å². The number of thiazole rings is 1. The fourth-order valence-electron chi connectivity index (χ4n) is 2.50. The van der Waals surface area contributed by atoms with Gasteiger partial charge in [0.25, 0.3) is 0 Å². The lowest BCUT2D eigenvalue weighted by atomic mass is 10.1. The van der Waals surface area contributed by atoms with E-state index in [0.717, 1.165) is 29.1 Å². The first-order valence-electron chi connectivity index (χ1n) is 7.56. The molecule has 0 spiro atoms. The maximum atomic E-state index is 12.3. The van der Waals surface area contributed by atoms with E-state index in [1.165, 1.54) is 12.1 Å². The molecule has 1 aromatic carbocycles. The summed E-state index contributed by atoms with van der Waals surface area (Å²) in [5.41, 5.74) is 2.01. The highest BCUT2D eigenvalue weighted by molar-refractivity contribution is 7.09. The Hall–Kier alpha value is -2.21. The number of amides is 1. The molecule has 120 valence electrons. The highest BCUT2D eigenvalue weighted by Crippen LogP contribution is 2.41. The van der Waals surface area contributed by atoms with Crippen molar-refractivity contribution in [3.63, 3.8) is 0 Å². The van der Waals surface area contributed by atoms with Gasteiger partial charge in [-0.05, 0) is 43.4 Å². The lowest BCUT2D eigenvalue weighted by Gasteiger charge is -2.16. The van der Waals surface area contributed by atoms with Gasteiger partial charge in [0.15, 0.2) is 0 Å². The summed E-state index contributed by atoms with van der Waals surface area (Å²) in [6, 6.07) is 6.41. The molecular weight excluding hydrogens is 312 g/mol. The van der Waals surface area contributed by atoms with E-state index < -0.39 is 5.97 Å². The molecule has 1 aliphatic rings. The fraction of sp³-hybridized carbons (Fsp3) is 0.353. The molecule has 0 bridgehead atoms. The van der Waals surface area contributed by atoms with E-state index in [9.17, 15) is 9.59 Å². The molecule has 2 aromatic rings. The summed E-state index contributed by atoms with van der Waals surface area (Å²) in [4.78, 5) is 27.6. The second-order valence-corrected chi connectivity index (χ2v) is 6.78. The van der Waals surface area contributed by atoms with Crippen LogP contribution in [0.15, 0.2) is 29.6 Å². The molecule has 6 heteroatoms. The SMILES string of the molecule is Cc1csc(C(NC(=O)Cc2ccc(C(=O)O)cc2)C2CC2)n1. The maximum Gasteiger partial charge on any atom is 0.335 e. The van der Waals surface area contributed by atoms with Gasteiger partial charge in [0.05, 0.1) is 18.0 Å². The number of rotatable bonds is 6. The number of carbonyl (C=O) groups excluding carboxylic acids is 1. The Labute approximate surface area is 138 Å². The van der Waals surface area contributed by atoms with Crippen LogP contribution in [0.1, 0.15) is 45.5 Å². The molecule has 1 amide bonds. The van der Waals surface area contributed by atoms with Gasteiger partial charge in [-0.3, -0.25) is 4.79 Å². The van der Waals surface area contributed by atoms with Gasteiger partial charge in [-0.2, -0.15) is 0 Å². The Kier molecular flexibility index (Phi) is 4.43. The topological polar surface area (TPSA) is 79.3 Å². The number of hydrogen-bond acceptors (Lipinski definition) is 4. The van der Waals surface area contributed by atoms with Crippen LogP contribution in [-0.2, 0) is 11.2 Å². The number of aromatic nitrogens is 1. The van der Waals surface area contributed by atoms with Crippen molar-refractivity contribution in [2.45, 2.75) is 32.2 Å². The quantitative estimate of drug-likeness (QED) is 0.853. The van der Waals surface area contributed by atoms with E-state index >= 15 is 0 Å². The number of carboxylic acids is 1. The number of aromatic carboxylic acids is 1. The van der Waals surface area contributed by atoms with Crippen LogP contribution < -0.4 is 5.32 Å². The van der Waals surface area contributed by atoms with Crippen molar-refractivity contribution in [1.29, 1.82) is 0 Å². The third-order valence-electron chi connectivity index (χ3n) is 3.88. The van der Waals surface area contributed by atoms with E-state index in [1.807, 2.05) is 12.3 Å². The van der Waals surface area contributed by atoms with E-state index in [2.05, 4.69) is 10.3 Å². The average Bonchev–Trinajstić information content (AvgIpc) is 3.27. The highest BCUT2D eigenvalue weighted by Gasteiger charge is 2.35. The molecule has 1 saturated carbocycles. The molecule has 23 heavy (non-hydrogen) atoms. The molecule has 1 atom stereocenters. The van der Waals surface area contributed by atoms with Gasteiger partial charge in [0.1, 0.15) is 5.01 Å². The number of nitrogens with one attached hydrogen (secondary N) is 1. The zero-order valence-electron chi connectivity index (χ0n) is 12.8. The van der Waals surface area contributed by atoms with Crippen LogP contribution >= 0.6 is 11.3 Å². The molecule has 5 nitrogen and oxygen atoms in total. The molecule has 1 fully saturated rings. The van der Waals surface area contributed by atoms with Crippen molar-refractivity contribution in [1.82, 2.24) is 10.3 Å². The van der Waals surface area contributed by atoms with E-state index in [0.29, 0.717) is 5.92 Å². The minimum atomic E-state index is -0.964. The van der Waals surface area contributed by atoms with Crippen LogP contribution in [0.5, 0.6) is 0 Å². The molecule has 2 N–H and O–H groups in total. The van der Waals surface area contributed by atoms with Gasteiger partial charge >= 0.3 is 5.97 Å². The number of aryl methyl sites for hydroxylation is 1. The van der Waals surface area contributed by atoms with Crippen LogP contribution in [0.25, 0.3) is 0 Å². The number of carboxylic acid groups (broad SMARTS) is 1. The summed E-state index contributed by atoms with van der Waals surface area (Å²) in [5.74, 6) is -0.536.